The van der Waals surface area contributed by atoms with E-state index in [1.54, 1.807) is 0 Å². The van der Waals surface area contributed by atoms with Gasteiger partial charge in [-0.2, -0.15) is 21.6 Å². The van der Waals surface area contributed by atoms with Crippen molar-refractivity contribution in [3.63, 3.8) is 0 Å². The van der Waals surface area contributed by atoms with Crippen LogP contribution in [0.5, 0.6) is 0 Å². The first-order valence-electron chi connectivity index (χ1n) is 2.55. The maximum absolute atomic E-state index is 11.6. The van der Waals surface area contributed by atoms with Crippen molar-refractivity contribution in [1.82, 2.24) is 4.72 Å². The number of urea groups is 1. The molecule has 0 aliphatic rings. The standard InChI is InChI=1S/C2H3F3N2O5S2/c3-2(4,5)13(9,10)14(11,12)7-1(6)8/h(H3,6,7,8). The summed E-state index contributed by atoms with van der Waals surface area (Å²) in [5.41, 5.74) is -1.86. The molecule has 0 rings (SSSR count). The van der Waals surface area contributed by atoms with Gasteiger partial charge in [-0.3, -0.25) is 0 Å². The van der Waals surface area contributed by atoms with Gasteiger partial charge in [0.05, 0.1) is 0 Å². The molecule has 0 bridgehead atoms. The molecule has 0 radical (unpaired) electrons. The summed E-state index contributed by atoms with van der Waals surface area (Å²) in [5.74, 6) is 0. The zero-order valence-corrected chi connectivity index (χ0v) is 7.70. The third-order valence-corrected chi connectivity index (χ3v) is 4.94. The minimum Gasteiger partial charge on any atom is -0.351 e. The summed E-state index contributed by atoms with van der Waals surface area (Å²) in [4.78, 5) is 9.89. The van der Waals surface area contributed by atoms with E-state index in [0.717, 1.165) is 0 Å². The molecule has 0 heterocycles. The van der Waals surface area contributed by atoms with Crippen LogP contribution in [0.25, 0.3) is 0 Å². The van der Waals surface area contributed by atoms with Gasteiger partial charge in [-0.15, -0.1) is 0 Å². The van der Waals surface area contributed by atoms with Crippen molar-refractivity contribution in [1.29, 1.82) is 0 Å². The first-order chi connectivity index (χ1) is 5.92. The van der Waals surface area contributed by atoms with Crippen LogP contribution in [0.4, 0.5) is 18.0 Å². The highest BCUT2D eigenvalue weighted by Gasteiger charge is 2.55. The molecule has 0 aliphatic carbocycles. The smallest absolute Gasteiger partial charge is 0.351 e. The van der Waals surface area contributed by atoms with Crippen molar-refractivity contribution in [3.8, 4) is 0 Å². The molecule has 14 heavy (non-hydrogen) atoms. The molecule has 0 aromatic rings. The zero-order valence-electron chi connectivity index (χ0n) is 6.07. The van der Waals surface area contributed by atoms with Crippen LogP contribution < -0.4 is 10.5 Å². The van der Waals surface area contributed by atoms with Crippen LogP contribution in [0.2, 0.25) is 0 Å². The van der Waals surface area contributed by atoms with Gasteiger partial charge in [0, 0.05) is 0 Å². The van der Waals surface area contributed by atoms with Gasteiger partial charge in [0.1, 0.15) is 0 Å². The highest BCUT2D eigenvalue weighted by molar-refractivity contribution is 8.66. The number of carbonyl (C=O) groups excluding carboxylic acids is 1. The van der Waals surface area contributed by atoms with Crippen molar-refractivity contribution in [2.24, 2.45) is 5.73 Å². The number of hydrogen-bond acceptors (Lipinski definition) is 5. The van der Waals surface area contributed by atoms with Gasteiger partial charge in [-0.05, 0) is 0 Å². The van der Waals surface area contributed by atoms with Crippen molar-refractivity contribution < 1.29 is 34.8 Å². The molecule has 0 saturated heterocycles. The maximum atomic E-state index is 11.6. The van der Waals surface area contributed by atoms with Crippen LogP contribution in [0.3, 0.4) is 0 Å². The second kappa shape index (κ2) is 3.27. The average molecular weight is 256 g/mol. The summed E-state index contributed by atoms with van der Waals surface area (Å²) in [7, 11) is -12.4. The molecule has 0 aromatic carbocycles. The Morgan fingerprint density at radius 1 is 1.14 bits per heavy atom. The Labute approximate surface area is 75.4 Å². The van der Waals surface area contributed by atoms with Gasteiger partial charge in [0.25, 0.3) is 0 Å². The van der Waals surface area contributed by atoms with E-state index in [2.05, 4.69) is 5.73 Å². The van der Waals surface area contributed by atoms with Crippen LogP contribution in [-0.2, 0) is 17.9 Å². The highest BCUT2D eigenvalue weighted by atomic mass is 33.2. The third kappa shape index (κ3) is 2.25. The second-order valence-electron chi connectivity index (χ2n) is 1.82. The summed E-state index contributed by atoms with van der Waals surface area (Å²) in [6, 6.07) is -1.93. The lowest BCUT2D eigenvalue weighted by Gasteiger charge is -2.07. The number of nitrogens with one attached hydrogen (secondary N) is 1. The number of halogens is 3. The van der Waals surface area contributed by atoms with Crippen molar-refractivity contribution in [2.75, 3.05) is 0 Å². The molecule has 0 saturated carbocycles. The maximum Gasteiger partial charge on any atom is 0.513 e. The van der Waals surface area contributed by atoms with Crippen LogP contribution >= 0.6 is 0 Å². The van der Waals surface area contributed by atoms with E-state index < -0.39 is 29.5 Å². The van der Waals surface area contributed by atoms with Crippen molar-refractivity contribution >= 4 is 24.0 Å². The first kappa shape index (κ1) is 13.0. The van der Waals surface area contributed by atoms with Gasteiger partial charge in [-0.1, -0.05) is 0 Å². The van der Waals surface area contributed by atoms with Crippen LogP contribution in [0, 0.1) is 0 Å². The summed E-state index contributed by atoms with van der Waals surface area (Å²) in [6.07, 6.45) is 0. The second-order valence-corrected chi connectivity index (χ2v) is 6.94. The van der Waals surface area contributed by atoms with Gasteiger partial charge in [0.2, 0.25) is 0 Å². The van der Waals surface area contributed by atoms with E-state index in [9.17, 15) is 34.8 Å². The lowest BCUT2D eigenvalue weighted by atomic mass is 11.2. The Kier molecular flexibility index (Phi) is 3.03. The molecule has 7 nitrogen and oxygen atoms in total. The highest BCUT2D eigenvalue weighted by Crippen LogP contribution is 2.27. The Morgan fingerprint density at radius 2 is 1.50 bits per heavy atom. The SMILES string of the molecule is NC(=O)NS(=O)(=O)S(=O)(=O)C(F)(F)F. The van der Waals surface area contributed by atoms with E-state index in [0.29, 0.717) is 4.72 Å². The van der Waals surface area contributed by atoms with Crippen molar-refractivity contribution in [2.45, 2.75) is 5.51 Å². The first-order valence-corrected chi connectivity index (χ1v) is 6.03. The summed E-state index contributed by atoms with van der Waals surface area (Å²) >= 11 is 0. The van der Waals surface area contributed by atoms with Gasteiger partial charge in [-0.25, -0.2) is 17.9 Å². The van der Waals surface area contributed by atoms with Crippen LogP contribution in [0.1, 0.15) is 0 Å². The van der Waals surface area contributed by atoms with E-state index >= 15 is 0 Å². The normalized spacial score (nSPS) is 13.6. The minimum atomic E-state index is -6.51. The number of amides is 2. The third-order valence-electron chi connectivity index (χ3n) is 0.798. The molecule has 0 aliphatic heterocycles. The largest absolute Gasteiger partial charge is 0.513 e. The van der Waals surface area contributed by atoms with Gasteiger partial charge < -0.3 is 5.73 Å². The number of nitrogens with two attached hydrogens (primary N) is 1. The summed E-state index contributed by atoms with van der Waals surface area (Å²) in [6.45, 7) is 0. The summed E-state index contributed by atoms with van der Waals surface area (Å²) in [5, 5.41) is 0. The Hall–Kier alpha value is -1.04. The quantitative estimate of drug-likeness (QED) is 0.603. The fraction of sp³-hybridized carbons (Fsp3) is 0.500. The fourth-order valence-electron chi connectivity index (χ4n) is 0.302. The number of primary amides is 1. The van der Waals surface area contributed by atoms with E-state index in [1.807, 2.05) is 0 Å². The number of alkyl halides is 3. The Bertz CT molecular complexity index is 432. The van der Waals surface area contributed by atoms with E-state index in [1.165, 1.54) is 0 Å². The van der Waals surface area contributed by atoms with Gasteiger partial charge in [0.15, 0.2) is 0 Å². The van der Waals surface area contributed by atoms with Gasteiger partial charge >= 0.3 is 29.5 Å². The summed E-state index contributed by atoms with van der Waals surface area (Å²) < 4.78 is 76.6. The van der Waals surface area contributed by atoms with E-state index in [4.69, 9.17) is 0 Å². The lowest BCUT2D eigenvalue weighted by molar-refractivity contribution is -0.0412. The molecule has 0 fully saturated rings. The predicted octanol–water partition coefficient (Wildman–Crippen LogP) is -1.17. The molecule has 12 heteroatoms. The molecule has 84 valence electrons. The number of rotatable bonds is 2. The molecule has 0 unspecified atom stereocenters. The molecular formula is C2H3F3N2O5S2. The number of hydrogen-bond donors (Lipinski definition) is 2. The fourth-order valence-corrected chi connectivity index (χ4v) is 2.23. The van der Waals surface area contributed by atoms with Crippen molar-refractivity contribution in [3.05, 3.63) is 0 Å². The Balaban J connectivity index is 5.46. The van der Waals surface area contributed by atoms with Crippen LogP contribution in [0.15, 0.2) is 0 Å². The molecule has 0 spiro atoms. The molecule has 3 N–H and O–H groups in total. The average Bonchev–Trinajstić information content (AvgIpc) is 1.80. The van der Waals surface area contributed by atoms with E-state index in [-0.39, 0.29) is 0 Å². The monoisotopic (exact) mass is 256 g/mol. The Morgan fingerprint density at radius 3 is 1.71 bits per heavy atom. The molecule has 0 aromatic heterocycles. The lowest BCUT2D eigenvalue weighted by Crippen LogP contribution is -2.43. The molecule has 2 amide bonds. The molecule has 0 atom stereocenters. The predicted molar refractivity (Wildman–Crippen MR) is 36.6 cm³/mol. The van der Waals surface area contributed by atoms with Crippen LogP contribution in [-0.4, -0.2) is 28.4 Å². The molecular weight excluding hydrogens is 253 g/mol. The number of carbonyl (C=O) groups is 1. The topological polar surface area (TPSA) is 123 Å². The minimum absolute atomic E-state index is 0.469. The zero-order chi connectivity index (χ0) is 11.8.